The van der Waals surface area contributed by atoms with Crippen LogP contribution >= 0.6 is 22.9 Å². The van der Waals surface area contributed by atoms with Crippen LogP contribution in [0.15, 0.2) is 35.7 Å². The fourth-order valence-electron chi connectivity index (χ4n) is 3.52. The number of amides is 1. The molecule has 1 aromatic carbocycles. The summed E-state index contributed by atoms with van der Waals surface area (Å²) in [5.74, 6) is 1.33. The van der Waals surface area contributed by atoms with Gasteiger partial charge in [0.05, 0.1) is 5.02 Å². The highest BCUT2D eigenvalue weighted by Crippen LogP contribution is 2.31. The Balaban J connectivity index is 1.38. The van der Waals surface area contributed by atoms with Gasteiger partial charge in [0.2, 0.25) is 0 Å². The topological polar surface area (TPSA) is 41.6 Å². The van der Waals surface area contributed by atoms with E-state index in [9.17, 15) is 4.79 Å². The molecule has 2 bridgehead atoms. The maximum Gasteiger partial charge on any atom is 0.251 e. The van der Waals surface area contributed by atoms with Gasteiger partial charge in [-0.2, -0.15) is 0 Å². The lowest BCUT2D eigenvalue weighted by Crippen LogP contribution is -2.57. The van der Waals surface area contributed by atoms with Gasteiger partial charge in [-0.3, -0.25) is 4.79 Å². The number of fused-ring (bicyclic) bond motifs is 3. The highest BCUT2D eigenvalue weighted by atomic mass is 35.5. The van der Waals surface area contributed by atoms with Crippen molar-refractivity contribution < 1.29 is 9.53 Å². The van der Waals surface area contributed by atoms with Crippen LogP contribution in [0.25, 0.3) is 0 Å². The van der Waals surface area contributed by atoms with Gasteiger partial charge in [0, 0.05) is 29.6 Å². The molecule has 126 valence electrons. The molecular formula is C18H19ClN2O2S. The summed E-state index contributed by atoms with van der Waals surface area (Å²) in [6.07, 6.45) is 2.39. The Labute approximate surface area is 150 Å². The maximum atomic E-state index is 12.5. The van der Waals surface area contributed by atoms with E-state index in [1.54, 1.807) is 18.2 Å². The zero-order chi connectivity index (χ0) is 16.5. The van der Waals surface area contributed by atoms with Crippen molar-refractivity contribution in [3.05, 3.63) is 46.3 Å². The van der Waals surface area contributed by atoms with E-state index in [4.69, 9.17) is 16.3 Å². The lowest BCUT2D eigenvalue weighted by molar-refractivity contribution is 0.0620. The first kappa shape index (κ1) is 15.9. The Kier molecular flexibility index (Phi) is 4.48. The number of halogens is 1. The molecule has 3 fully saturated rings. The molecule has 0 spiro atoms. The standard InChI is InChI=1S/C18H19ClN2O2S/c19-14-9-17(24-11-14)23-15-3-1-13(2-4-15)18(22)20-16-10-21-7-5-12(16)6-8-21/h1-4,9,11-12,16H,5-8,10H2,(H,20,22)/t16-/m0/s1. The van der Waals surface area contributed by atoms with Crippen LogP contribution in [0.4, 0.5) is 0 Å². The molecule has 5 rings (SSSR count). The molecule has 0 saturated carbocycles. The van der Waals surface area contributed by atoms with Crippen LogP contribution in [-0.4, -0.2) is 36.5 Å². The number of benzene rings is 1. The number of ether oxygens (including phenoxy) is 1. The van der Waals surface area contributed by atoms with Crippen LogP contribution in [0.1, 0.15) is 23.2 Å². The Morgan fingerprint density at radius 3 is 2.58 bits per heavy atom. The van der Waals surface area contributed by atoms with Crippen LogP contribution in [-0.2, 0) is 0 Å². The number of nitrogens with zero attached hydrogens (tertiary/aromatic N) is 1. The maximum absolute atomic E-state index is 12.5. The molecule has 3 aliphatic rings. The normalized spacial score (nSPS) is 25.5. The van der Waals surface area contributed by atoms with Gasteiger partial charge in [-0.25, -0.2) is 0 Å². The van der Waals surface area contributed by atoms with Gasteiger partial charge in [0.15, 0.2) is 5.06 Å². The van der Waals surface area contributed by atoms with E-state index >= 15 is 0 Å². The monoisotopic (exact) mass is 362 g/mol. The van der Waals surface area contributed by atoms with Crippen molar-refractivity contribution in [3.63, 3.8) is 0 Å². The van der Waals surface area contributed by atoms with Gasteiger partial charge in [-0.05, 0) is 56.1 Å². The molecule has 1 N–H and O–H groups in total. The van der Waals surface area contributed by atoms with E-state index in [1.807, 2.05) is 17.5 Å². The molecule has 3 aliphatic heterocycles. The summed E-state index contributed by atoms with van der Waals surface area (Å²) < 4.78 is 5.72. The minimum absolute atomic E-state index is 0.000493. The first-order valence-electron chi connectivity index (χ1n) is 8.22. The lowest BCUT2D eigenvalue weighted by atomic mass is 9.84. The molecule has 0 aliphatic carbocycles. The van der Waals surface area contributed by atoms with Crippen LogP contribution in [0, 0.1) is 5.92 Å². The largest absolute Gasteiger partial charge is 0.447 e. The van der Waals surface area contributed by atoms with E-state index in [0.29, 0.717) is 22.3 Å². The fraction of sp³-hybridized carbons (Fsp3) is 0.389. The number of hydrogen-bond acceptors (Lipinski definition) is 4. The summed E-state index contributed by atoms with van der Waals surface area (Å²) in [5.41, 5.74) is 0.669. The van der Waals surface area contributed by atoms with Gasteiger partial charge in [-0.15, -0.1) is 11.3 Å². The van der Waals surface area contributed by atoms with Crippen LogP contribution in [0.3, 0.4) is 0 Å². The predicted molar refractivity (Wildman–Crippen MR) is 96.3 cm³/mol. The molecule has 2 aromatic rings. The van der Waals surface area contributed by atoms with E-state index in [2.05, 4.69) is 10.2 Å². The molecule has 4 heterocycles. The second-order valence-electron chi connectivity index (χ2n) is 6.43. The summed E-state index contributed by atoms with van der Waals surface area (Å²) in [6, 6.07) is 9.31. The third-order valence-electron chi connectivity index (χ3n) is 4.85. The number of carbonyl (C=O) groups excluding carboxylic acids is 1. The first-order chi connectivity index (χ1) is 11.7. The van der Waals surface area contributed by atoms with Gasteiger partial charge in [0.1, 0.15) is 5.75 Å². The minimum Gasteiger partial charge on any atom is -0.447 e. The molecule has 1 atom stereocenters. The van der Waals surface area contributed by atoms with Crippen molar-refractivity contribution >= 4 is 28.8 Å². The second-order valence-corrected chi connectivity index (χ2v) is 7.74. The molecule has 24 heavy (non-hydrogen) atoms. The fourth-order valence-corrected chi connectivity index (χ4v) is 4.45. The zero-order valence-corrected chi connectivity index (χ0v) is 14.8. The van der Waals surface area contributed by atoms with Crippen molar-refractivity contribution in [1.82, 2.24) is 10.2 Å². The Hall–Kier alpha value is -1.56. The Bertz CT molecular complexity index is 723. The summed E-state index contributed by atoms with van der Waals surface area (Å²) in [7, 11) is 0. The molecular weight excluding hydrogens is 344 g/mol. The van der Waals surface area contributed by atoms with E-state index in [0.717, 1.165) is 11.6 Å². The molecule has 1 amide bonds. The zero-order valence-electron chi connectivity index (χ0n) is 13.2. The number of thiophene rings is 1. The minimum atomic E-state index is -0.000493. The first-order valence-corrected chi connectivity index (χ1v) is 9.48. The number of rotatable bonds is 4. The lowest BCUT2D eigenvalue weighted by Gasteiger charge is -2.44. The summed E-state index contributed by atoms with van der Waals surface area (Å²) in [4.78, 5) is 14.9. The van der Waals surface area contributed by atoms with Gasteiger partial charge in [-0.1, -0.05) is 11.6 Å². The van der Waals surface area contributed by atoms with Crippen molar-refractivity contribution in [3.8, 4) is 10.8 Å². The SMILES string of the molecule is O=C(N[C@H]1CN2CCC1CC2)c1ccc(Oc2cc(Cl)cs2)cc1. The van der Waals surface area contributed by atoms with Gasteiger partial charge < -0.3 is 15.0 Å². The number of nitrogens with one attached hydrogen (secondary N) is 1. The van der Waals surface area contributed by atoms with Crippen molar-refractivity contribution in [2.45, 2.75) is 18.9 Å². The van der Waals surface area contributed by atoms with Crippen molar-refractivity contribution in [2.24, 2.45) is 5.92 Å². The summed E-state index contributed by atoms with van der Waals surface area (Å²) >= 11 is 7.33. The Morgan fingerprint density at radius 2 is 2.00 bits per heavy atom. The molecule has 6 heteroatoms. The average molecular weight is 363 g/mol. The molecule has 1 aromatic heterocycles. The van der Waals surface area contributed by atoms with Crippen molar-refractivity contribution in [2.75, 3.05) is 19.6 Å². The average Bonchev–Trinajstić information content (AvgIpc) is 3.01. The van der Waals surface area contributed by atoms with E-state index in [1.165, 1.54) is 37.3 Å². The van der Waals surface area contributed by atoms with Gasteiger partial charge >= 0.3 is 0 Å². The predicted octanol–water partition coefficient (Wildman–Crippen LogP) is 4.02. The molecule has 3 saturated heterocycles. The number of hydrogen-bond donors (Lipinski definition) is 1. The quantitative estimate of drug-likeness (QED) is 0.893. The van der Waals surface area contributed by atoms with Crippen LogP contribution < -0.4 is 10.1 Å². The van der Waals surface area contributed by atoms with Gasteiger partial charge in [0.25, 0.3) is 5.91 Å². The summed E-state index contributed by atoms with van der Waals surface area (Å²) in [6.45, 7) is 3.34. The van der Waals surface area contributed by atoms with Crippen LogP contribution in [0.5, 0.6) is 10.8 Å². The van der Waals surface area contributed by atoms with Crippen molar-refractivity contribution in [1.29, 1.82) is 0 Å². The molecule has 4 nitrogen and oxygen atoms in total. The Morgan fingerprint density at radius 1 is 1.25 bits per heavy atom. The van der Waals surface area contributed by atoms with E-state index < -0.39 is 0 Å². The summed E-state index contributed by atoms with van der Waals surface area (Å²) in [5, 5.41) is 6.44. The molecule has 0 unspecified atom stereocenters. The molecule has 0 radical (unpaired) electrons. The van der Waals surface area contributed by atoms with Crippen LogP contribution in [0.2, 0.25) is 5.02 Å². The highest BCUT2D eigenvalue weighted by molar-refractivity contribution is 7.12. The highest BCUT2D eigenvalue weighted by Gasteiger charge is 2.34. The third-order valence-corrected chi connectivity index (χ3v) is 6.00. The third kappa shape index (κ3) is 3.43. The van der Waals surface area contributed by atoms with E-state index in [-0.39, 0.29) is 11.9 Å². The smallest absolute Gasteiger partial charge is 0.251 e. The second kappa shape index (κ2) is 6.75. The number of piperidine rings is 3. The number of carbonyl (C=O) groups is 1.